The summed E-state index contributed by atoms with van der Waals surface area (Å²) in [4.78, 5) is 31.3. The van der Waals surface area contributed by atoms with Crippen LogP contribution >= 0.6 is 0 Å². The summed E-state index contributed by atoms with van der Waals surface area (Å²) in [7, 11) is 3.22. The fraction of sp³-hybridized carbons (Fsp3) is 0.320. The molecular weight excluding hydrogens is 420 g/mol. The van der Waals surface area contributed by atoms with Crippen molar-refractivity contribution in [3.8, 4) is 28.4 Å². The first-order chi connectivity index (χ1) is 15.9. The predicted octanol–water partition coefficient (Wildman–Crippen LogP) is 4.14. The van der Waals surface area contributed by atoms with Crippen LogP contribution in [0.2, 0.25) is 0 Å². The van der Waals surface area contributed by atoms with Crippen LogP contribution in [0.1, 0.15) is 27.2 Å². The molecule has 0 spiro atoms. The smallest absolute Gasteiger partial charge is 0.246 e. The highest BCUT2D eigenvalue weighted by atomic mass is 16.5. The first-order valence-corrected chi connectivity index (χ1v) is 10.8. The largest absolute Gasteiger partial charge is 0.497 e. The van der Waals surface area contributed by atoms with Crippen LogP contribution in [0.4, 0.5) is 5.95 Å². The Kier molecular flexibility index (Phi) is 7.71. The minimum absolute atomic E-state index is 0.0473. The van der Waals surface area contributed by atoms with Crippen molar-refractivity contribution >= 4 is 17.8 Å². The fourth-order valence-corrected chi connectivity index (χ4v) is 3.41. The molecule has 0 fully saturated rings. The Morgan fingerprint density at radius 2 is 1.76 bits per heavy atom. The molecule has 1 aromatic heterocycles. The van der Waals surface area contributed by atoms with Crippen LogP contribution < -0.4 is 14.8 Å². The van der Waals surface area contributed by atoms with Gasteiger partial charge in [-0.05, 0) is 50.2 Å². The Hall–Kier alpha value is -3.81. The van der Waals surface area contributed by atoms with E-state index in [1.807, 2.05) is 68.6 Å². The standard InChI is InChI=1S/C25H30N4O4/c1-6-24(31)28(17(2)3)16-23(30)27-25-26-22(18-8-7-9-21(14-18)33-5)15-29(25)19-10-12-20(32-4)13-11-19/h7-15,17H,6,16H2,1-5H3,(H,26,27,30). The van der Waals surface area contributed by atoms with Crippen LogP contribution in [0.15, 0.2) is 54.7 Å². The maximum absolute atomic E-state index is 12.9. The first-order valence-electron chi connectivity index (χ1n) is 10.8. The van der Waals surface area contributed by atoms with Gasteiger partial charge in [0.2, 0.25) is 17.8 Å². The number of carbonyl (C=O) groups excluding carboxylic acids is 2. The van der Waals surface area contributed by atoms with Gasteiger partial charge in [-0.2, -0.15) is 0 Å². The SMILES string of the molecule is CCC(=O)N(CC(=O)Nc1nc(-c2cccc(OC)c2)cn1-c1ccc(OC)cc1)C(C)C. The van der Waals surface area contributed by atoms with Crippen molar-refractivity contribution in [2.45, 2.75) is 33.2 Å². The molecule has 0 aliphatic rings. The minimum atomic E-state index is -0.317. The van der Waals surface area contributed by atoms with Crippen LogP contribution in [-0.4, -0.2) is 53.1 Å². The molecule has 8 nitrogen and oxygen atoms in total. The van der Waals surface area contributed by atoms with Gasteiger partial charge in [0.15, 0.2) is 0 Å². The Morgan fingerprint density at radius 1 is 1.06 bits per heavy atom. The minimum Gasteiger partial charge on any atom is -0.497 e. The monoisotopic (exact) mass is 450 g/mol. The lowest BCUT2D eigenvalue weighted by atomic mass is 10.1. The Bertz CT molecular complexity index is 1110. The number of carbonyl (C=O) groups is 2. The highest BCUT2D eigenvalue weighted by Crippen LogP contribution is 2.27. The van der Waals surface area contributed by atoms with E-state index in [2.05, 4.69) is 10.3 Å². The van der Waals surface area contributed by atoms with Crippen molar-refractivity contribution in [2.75, 3.05) is 26.1 Å². The molecule has 3 rings (SSSR count). The fourth-order valence-electron chi connectivity index (χ4n) is 3.41. The zero-order chi connectivity index (χ0) is 24.0. The average molecular weight is 451 g/mol. The molecule has 8 heteroatoms. The van der Waals surface area contributed by atoms with Gasteiger partial charge in [-0.25, -0.2) is 4.98 Å². The van der Waals surface area contributed by atoms with Gasteiger partial charge in [-0.3, -0.25) is 19.5 Å². The summed E-state index contributed by atoms with van der Waals surface area (Å²) in [5.41, 5.74) is 2.32. The zero-order valence-electron chi connectivity index (χ0n) is 19.7. The highest BCUT2D eigenvalue weighted by molar-refractivity contribution is 5.94. The lowest BCUT2D eigenvalue weighted by Gasteiger charge is -2.25. The normalized spacial score (nSPS) is 10.7. The molecule has 0 aliphatic heterocycles. The number of nitrogens with zero attached hydrogens (tertiary/aromatic N) is 3. The van der Waals surface area contributed by atoms with E-state index in [0.29, 0.717) is 23.8 Å². The number of aromatic nitrogens is 2. The Labute approximate surface area is 194 Å². The summed E-state index contributed by atoms with van der Waals surface area (Å²) in [6.07, 6.45) is 2.19. The topological polar surface area (TPSA) is 85.7 Å². The summed E-state index contributed by atoms with van der Waals surface area (Å²) in [5.74, 6) is 1.40. The number of hydrogen-bond acceptors (Lipinski definition) is 5. The van der Waals surface area contributed by atoms with Gasteiger partial charge in [0.1, 0.15) is 18.0 Å². The number of ether oxygens (including phenoxy) is 2. The zero-order valence-corrected chi connectivity index (χ0v) is 19.7. The van der Waals surface area contributed by atoms with E-state index in [1.54, 1.807) is 30.6 Å². The summed E-state index contributed by atoms with van der Waals surface area (Å²) >= 11 is 0. The van der Waals surface area contributed by atoms with Crippen LogP contribution in [0, 0.1) is 0 Å². The van der Waals surface area contributed by atoms with Crippen molar-refractivity contribution in [1.29, 1.82) is 0 Å². The summed E-state index contributed by atoms with van der Waals surface area (Å²) in [6, 6.07) is 14.9. The second kappa shape index (κ2) is 10.7. The lowest BCUT2D eigenvalue weighted by molar-refractivity contribution is -0.136. The highest BCUT2D eigenvalue weighted by Gasteiger charge is 2.21. The van der Waals surface area contributed by atoms with Crippen molar-refractivity contribution in [2.24, 2.45) is 0 Å². The van der Waals surface area contributed by atoms with Crippen LogP contribution in [0.3, 0.4) is 0 Å². The molecule has 0 radical (unpaired) electrons. The molecule has 0 aliphatic carbocycles. The van der Waals surface area contributed by atoms with Gasteiger partial charge in [0, 0.05) is 29.9 Å². The lowest BCUT2D eigenvalue weighted by Crippen LogP contribution is -2.42. The molecule has 0 saturated carbocycles. The molecule has 2 amide bonds. The molecule has 174 valence electrons. The van der Waals surface area contributed by atoms with Gasteiger partial charge >= 0.3 is 0 Å². The summed E-state index contributed by atoms with van der Waals surface area (Å²) in [5, 5.41) is 2.88. The average Bonchev–Trinajstić information content (AvgIpc) is 3.25. The summed E-state index contributed by atoms with van der Waals surface area (Å²) in [6.45, 7) is 5.51. The molecule has 33 heavy (non-hydrogen) atoms. The van der Waals surface area contributed by atoms with Gasteiger partial charge < -0.3 is 14.4 Å². The van der Waals surface area contributed by atoms with E-state index < -0.39 is 0 Å². The number of methoxy groups -OCH3 is 2. The van der Waals surface area contributed by atoms with E-state index in [1.165, 1.54) is 0 Å². The number of benzene rings is 2. The van der Waals surface area contributed by atoms with Gasteiger partial charge in [0.25, 0.3) is 0 Å². The van der Waals surface area contributed by atoms with Gasteiger partial charge in [-0.15, -0.1) is 0 Å². The van der Waals surface area contributed by atoms with Gasteiger partial charge in [-0.1, -0.05) is 19.1 Å². The molecular formula is C25H30N4O4. The molecule has 1 heterocycles. The van der Waals surface area contributed by atoms with E-state index in [4.69, 9.17) is 9.47 Å². The van der Waals surface area contributed by atoms with Crippen molar-refractivity contribution in [3.63, 3.8) is 0 Å². The molecule has 0 saturated heterocycles. The van der Waals surface area contributed by atoms with Crippen molar-refractivity contribution in [3.05, 3.63) is 54.7 Å². The second-order valence-electron chi connectivity index (χ2n) is 7.77. The first kappa shape index (κ1) is 23.8. The number of amides is 2. The molecule has 2 aromatic carbocycles. The predicted molar refractivity (Wildman–Crippen MR) is 128 cm³/mol. The van der Waals surface area contributed by atoms with Gasteiger partial charge in [0.05, 0.1) is 19.9 Å². The van der Waals surface area contributed by atoms with E-state index >= 15 is 0 Å². The maximum atomic E-state index is 12.9. The third-order valence-corrected chi connectivity index (χ3v) is 5.23. The van der Waals surface area contributed by atoms with Crippen molar-refractivity contribution in [1.82, 2.24) is 14.5 Å². The van der Waals surface area contributed by atoms with Crippen LogP contribution in [0.25, 0.3) is 16.9 Å². The Morgan fingerprint density at radius 3 is 2.36 bits per heavy atom. The number of anilines is 1. The molecule has 0 bridgehead atoms. The van der Waals surface area contributed by atoms with Crippen LogP contribution in [-0.2, 0) is 9.59 Å². The van der Waals surface area contributed by atoms with E-state index in [-0.39, 0.29) is 24.4 Å². The number of hydrogen-bond donors (Lipinski definition) is 1. The molecule has 0 unspecified atom stereocenters. The van der Waals surface area contributed by atoms with Crippen LogP contribution in [0.5, 0.6) is 11.5 Å². The number of nitrogens with one attached hydrogen (secondary N) is 1. The van der Waals surface area contributed by atoms with E-state index in [0.717, 1.165) is 17.0 Å². The Balaban J connectivity index is 1.96. The van der Waals surface area contributed by atoms with Crippen molar-refractivity contribution < 1.29 is 19.1 Å². The summed E-state index contributed by atoms with van der Waals surface area (Å²) < 4.78 is 12.4. The molecule has 3 aromatic rings. The number of imidazole rings is 1. The third-order valence-electron chi connectivity index (χ3n) is 5.23. The quantitative estimate of drug-likeness (QED) is 0.530. The van der Waals surface area contributed by atoms with E-state index in [9.17, 15) is 9.59 Å². The molecule has 1 N–H and O–H groups in total. The second-order valence-corrected chi connectivity index (χ2v) is 7.77. The maximum Gasteiger partial charge on any atom is 0.246 e. The third kappa shape index (κ3) is 5.71. The molecule has 0 atom stereocenters. The number of rotatable bonds is 9.